The zero-order chi connectivity index (χ0) is 13.0. The molecule has 0 spiro atoms. The molecule has 98 valence electrons. The Kier molecular flexibility index (Phi) is 4.00. The third-order valence-corrected chi connectivity index (χ3v) is 2.96. The van der Waals surface area contributed by atoms with Gasteiger partial charge in [-0.3, -0.25) is 19.7 Å². The fourth-order valence-corrected chi connectivity index (χ4v) is 1.86. The summed E-state index contributed by atoms with van der Waals surface area (Å²) in [4.78, 5) is 24.5. The van der Waals surface area contributed by atoms with Crippen molar-refractivity contribution in [2.45, 2.75) is 19.4 Å². The van der Waals surface area contributed by atoms with Gasteiger partial charge < -0.3 is 4.90 Å². The van der Waals surface area contributed by atoms with Crippen molar-refractivity contribution in [3.8, 4) is 0 Å². The quantitative estimate of drug-likeness (QED) is 0.385. The molecule has 1 aliphatic rings. The summed E-state index contributed by atoms with van der Waals surface area (Å²) in [5.41, 5.74) is 2.20. The van der Waals surface area contributed by atoms with E-state index in [0.717, 1.165) is 19.6 Å². The zero-order valence-corrected chi connectivity index (χ0v) is 10.0. The second-order valence-electron chi connectivity index (χ2n) is 4.22. The lowest BCUT2D eigenvalue weighted by atomic mass is 10.1. The van der Waals surface area contributed by atoms with Gasteiger partial charge in [0.15, 0.2) is 5.69 Å². The highest BCUT2D eigenvalue weighted by atomic mass is 16.2. The van der Waals surface area contributed by atoms with Crippen molar-refractivity contribution in [1.29, 1.82) is 0 Å². The summed E-state index contributed by atoms with van der Waals surface area (Å²) < 4.78 is 1.60. The number of nitrogens with one attached hydrogen (secondary N) is 1. The summed E-state index contributed by atoms with van der Waals surface area (Å²) in [6.07, 6.45) is 2.80. The number of nitrogens with zero attached hydrogens (tertiary/aromatic N) is 4. The van der Waals surface area contributed by atoms with E-state index in [4.69, 9.17) is 5.84 Å². The maximum absolute atomic E-state index is 11.2. The Morgan fingerprint density at radius 3 is 2.78 bits per heavy atom. The lowest BCUT2D eigenvalue weighted by molar-refractivity contribution is -0.121. The Labute approximate surface area is 104 Å². The molecule has 0 aliphatic carbocycles. The predicted molar refractivity (Wildman–Crippen MR) is 62.4 cm³/mol. The Morgan fingerprint density at radius 2 is 2.11 bits per heavy atom. The SMILES string of the molecule is NNC(=O)c1cn(CCN2CCC(=O)CC2)nn1. The molecule has 0 saturated carbocycles. The Bertz CT molecular complexity index is 433. The number of carbonyl (C=O) groups excluding carboxylic acids is 2. The van der Waals surface area contributed by atoms with Crippen LogP contribution in [0.15, 0.2) is 6.20 Å². The minimum absolute atomic E-state index is 0.200. The van der Waals surface area contributed by atoms with E-state index in [1.54, 1.807) is 10.9 Å². The second-order valence-corrected chi connectivity index (χ2v) is 4.22. The summed E-state index contributed by atoms with van der Waals surface area (Å²) in [6, 6.07) is 0. The van der Waals surface area contributed by atoms with Crippen LogP contribution in [0, 0.1) is 0 Å². The average molecular weight is 252 g/mol. The number of amides is 1. The standard InChI is InChI=1S/C10H16N6O2/c11-12-10(18)9-7-16(14-13-9)6-5-15-3-1-8(17)2-4-15/h7H,1-6,11H2,(H,12,18). The van der Waals surface area contributed by atoms with Crippen LogP contribution in [0.25, 0.3) is 0 Å². The molecular formula is C10H16N6O2. The molecule has 1 aromatic rings. The van der Waals surface area contributed by atoms with Crippen LogP contribution >= 0.6 is 0 Å². The minimum atomic E-state index is -0.454. The monoisotopic (exact) mass is 252 g/mol. The largest absolute Gasteiger partial charge is 0.301 e. The first-order valence-electron chi connectivity index (χ1n) is 5.84. The highest BCUT2D eigenvalue weighted by Gasteiger charge is 2.16. The van der Waals surface area contributed by atoms with E-state index in [2.05, 4.69) is 15.2 Å². The number of piperidine rings is 1. The van der Waals surface area contributed by atoms with Crippen molar-refractivity contribution in [3.63, 3.8) is 0 Å². The summed E-state index contributed by atoms with van der Waals surface area (Å²) in [5.74, 6) is 4.87. The maximum Gasteiger partial charge on any atom is 0.287 e. The molecule has 0 atom stereocenters. The summed E-state index contributed by atoms with van der Waals surface area (Å²) in [5, 5.41) is 7.55. The highest BCUT2D eigenvalue weighted by Crippen LogP contribution is 2.05. The van der Waals surface area contributed by atoms with Gasteiger partial charge in [-0.2, -0.15) is 0 Å². The van der Waals surface area contributed by atoms with Crippen LogP contribution in [0.4, 0.5) is 0 Å². The first-order chi connectivity index (χ1) is 8.69. The van der Waals surface area contributed by atoms with Gasteiger partial charge >= 0.3 is 0 Å². The molecule has 1 aliphatic heterocycles. The van der Waals surface area contributed by atoms with E-state index in [0.29, 0.717) is 25.2 Å². The van der Waals surface area contributed by atoms with Crippen LogP contribution in [0.1, 0.15) is 23.3 Å². The number of likely N-dealkylation sites (tertiary alicyclic amines) is 1. The van der Waals surface area contributed by atoms with Gasteiger partial charge in [0, 0.05) is 32.5 Å². The van der Waals surface area contributed by atoms with Gasteiger partial charge in [0.25, 0.3) is 5.91 Å². The molecule has 2 rings (SSSR count). The molecular weight excluding hydrogens is 236 g/mol. The first kappa shape index (κ1) is 12.7. The lowest BCUT2D eigenvalue weighted by Crippen LogP contribution is -2.36. The highest BCUT2D eigenvalue weighted by molar-refractivity contribution is 5.91. The molecule has 0 radical (unpaired) electrons. The molecule has 8 heteroatoms. The van der Waals surface area contributed by atoms with Gasteiger partial charge in [-0.25, -0.2) is 5.84 Å². The third-order valence-electron chi connectivity index (χ3n) is 2.96. The second kappa shape index (κ2) is 5.69. The number of nitrogens with two attached hydrogens (primary N) is 1. The van der Waals surface area contributed by atoms with Crippen LogP contribution < -0.4 is 11.3 Å². The van der Waals surface area contributed by atoms with Crippen LogP contribution in [0.2, 0.25) is 0 Å². The minimum Gasteiger partial charge on any atom is -0.301 e. The van der Waals surface area contributed by atoms with Crippen molar-refractivity contribution in [2.75, 3.05) is 19.6 Å². The molecule has 1 fully saturated rings. The van der Waals surface area contributed by atoms with Crippen LogP contribution in [-0.4, -0.2) is 51.2 Å². The van der Waals surface area contributed by atoms with Crippen LogP contribution in [0.3, 0.4) is 0 Å². The molecule has 1 aromatic heterocycles. The number of rotatable bonds is 4. The Hall–Kier alpha value is -1.80. The van der Waals surface area contributed by atoms with Gasteiger partial charge in [0.2, 0.25) is 0 Å². The number of aromatic nitrogens is 3. The van der Waals surface area contributed by atoms with E-state index in [1.807, 2.05) is 5.43 Å². The summed E-state index contributed by atoms with van der Waals surface area (Å²) >= 11 is 0. The fourth-order valence-electron chi connectivity index (χ4n) is 1.86. The zero-order valence-electron chi connectivity index (χ0n) is 10.0. The lowest BCUT2D eigenvalue weighted by Gasteiger charge is -2.25. The van der Waals surface area contributed by atoms with E-state index in [9.17, 15) is 9.59 Å². The number of ketones is 1. The maximum atomic E-state index is 11.2. The number of hydrogen-bond acceptors (Lipinski definition) is 6. The first-order valence-corrected chi connectivity index (χ1v) is 5.84. The van der Waals surface area contributed by atoms with Crippen molar-refractivity contribution in [3.05, 3.63) is 11.9 Å². The number of hydrazine groups is 1. The molecule has 2 heterocycles. The van der Waals surface area contributed by atoms with Crippen molar-refractivity contribution < 1.29 is 9.59 Å². The molecule has 1 saturated heterocycles. The number of nitrogen functional groups attached to an aromatic ring is 1. The fraction of sp³-hybridized carbons (Fsp3) is 0.600. The van der Waals surface area contributed by atoms with E-state index >= 15 is 0 Å². The molecule has 0 bridgehead atoms. The molecule has 18 heavy (non-hydrogen) atoms. The predicted octanol–water partition coefficient (Wildman–Crippen LogP) is -1.45. The topological polar surface area (TPSA) is 106 Å². The summed E-state index contributed by atoms with van der Waals surface area (Å²) in [6.45, 7) is 3.02. The average Bonchev–Trinajstić information content (AvgIpc) is 2.86. The van der Waals surface area contributed by atoms with Gasteiger partial charge in [-0.1, -0.05) is 5.21 Å². The Balaban J connectivity index is 1.81. The van der Waals surface area contributed by atoms with Crippen molar-refractivity contribution >= 4 is 11.7 Å². The smallest absolute Gasteiger partial charge is 0.287 e. The number of Topliss-reactive ketones (excluding diaryl/α,β-unsaturated/α-hetero) is 1. The van der Waals surface area contributed by atoms with E-state index in [-0.39, 0.29) is 5.69 Å². The van der Waals surface area contributed by atoms with E-state index in [1.165, 1.54) is 0 Å². The normalized spacial score (nSPS) is 16.8. The molecule has 0 unspecified atom stereocenters. The summed E-state index contributed by atoms with van der Waals surface area (Å²) in [7, 11) is 0. The molecule has 0 aromatic carbocycles. The molecule has 1 amide bonds. The number of hydrogen-bond donors (Lipinski definition) is 2. The Morgan fingerprint density at radius 1 is 1.39 bits per heavy atom. The van der Waals surface area contributed by atoms with Crippen molar-refractivity contribution in [2.24, 2.45) is 5.84 Å². The van der Waals surface area contributed by atoms with Gasteiger partial charge in [0.1, 0.15) is 5.78 Å². The molecule has 3 N–H and O–H groups in total. The van der Waals surface area contributed by atoms with Gasteiger partial charge in [0.05, 0.1) is 12.7 Å². The van der Waals surface area contributed by atoms with Gasteiger partial charge in [-0.05, 0) is 0 Å². The number of carbonyl (C=O) groups is 2. The van der Waals surface area contributed by atoms with Crippen LogP contribution in [0.5, 0.6) is 0 Å². The van der Waals surface area contributed by atoms with Crippen LogP contribution in [-0.2, 0) is 11.3 Å². The van der Waals surface area contributed by atoms with Crippen molar-refractivity contribution in [1.82, 2.24) is 25.3 Å². The third kappa shape index (κ3) is 3.11. The van der Waals surface area contributed by atoms with Gasteiger partial charge in [-0.15, -0.1) is 5.10 Å². The molecule has 8 nitrogen and oxygen atoms in total. The van der Waals surface area contributed by atoms with E-state index < -0.39 is 5.91 Å².